The Morgan fingerprint density at radius 3 is 2.55 bits per heavy atom. The van der Waals surface area contributed by atoms with Crippen LogP contribution >= 0.6 is 12.4 Å². The minimum atomic E-state index is 0. The largest absolute Gasteiger partial charge is 0.349 e. The summed E-state index contributed by atoms with van der Waals surface area (Å²) in [5.74, 6) is 0.410. The Kier molecular flexibility index (Phi) is 7.63. The van der Waals surface area contributed by atoms with E-state index in [9.17, 15) is 4.79 Å². The molecule has 1 amide bonds. The van der Waals surface area contributed by atoms with Crippen molar-refractivity contribution >= 4 is 18.3 Å². The maximum absolute atomic E-state index is 12.3. The monoisotopic (exact) mass is 296 g/mol. The second-order valence-corrected chi connectivity index (χ2v) is 5.28. The van der Waals surface area contributed by atoms with Gasteiger partial charge in [0, 0.05) is 5.92 Å². The fourth-order valence-electron chi connectivity index (χ4n) is 2.67. The number of halogens is 1. The van der Waals surface area contributed by atoms with Gasteiger partial charge in [-0.3, -0.25) is 4.79 Å². The van der Waals surface area contributed by atoms with Gasteiger partial charge in [-0.1, -0.05) is 43.7 Å². The maximum Gasteiger partial charge on any atom is 0.223 e. The molecule has 2 N–H and O–H groups in total. The fourth-order valence-corrected chi connectivity index (χ4v) is 2.67. The summed E-state index contributed by atoms with van der Waals surface area (Å²) >= 11 is 0. The van der Waals surface area contributed by atoms with Crippen LogP contribution in [0.3, 0.4) is 0 Å². The van der Waals surface area contributed by atoms with Gasteiger partial charge in [0.1, 0.15) is 0 Å². The van der Waals surface area contributed by atoms with E-state index in [0.29, 0.717) is 0 Å². The van der Waals surface area contributed by atoms with Gasteiger partial charge < -0.3 is 10.6 Å². The summed E-state index contributed by atoms with van der Waals surface area (Å²) in [6.07, 6.45) is 3.99. The first-order chi connectivity index (χ1) is 9.31. The lowest BCUT2D eigenvalue weighted by Crippen LogP contribution is -2.39. The van der Waals surface area contributed by atoms with Crippen LogP contribution in [-0.4, -0.2) is 19.0 Å². The summed E-state index contributed by atoms with van der Waals surface area (Å²) in [4.78, 5) is 12.3. The van der Waals surface area contributed by atoms with Gasteiger partial charge in [0.2, 0.25) is 5.91 Å². The molecule has 1 aromatic rings. The molecule has 20 heavy (non-hydrogen) atoms. The fraction of sp³-hybridized carbons (Fsp3) is 0.562. The highest BCUT2D eigenvalue weighted by atomic mass is 35.5. The average molecular weight is 297 g/mol. The molecule has 0 spiro atoms. The number of nitrogens with one attached hydrogen (secondary N) is 2. The summed E-state index contributed by atoms with van der Waals surface area (Å²) in [7, 11) is 0. The number of carbonyl (C=O) groups excluding carboxylic acids is 1. The number of amides is 1. The van der Waals surface area contributed by atoms with Crippen molar-refractivity contribution in [2.75, 3.05) is 13.1 Å². The number of hydrogen-bond acceptors (Lipinski definition) is 2. The van der Waals surface area contributed by atoms with Crippen LogP contribution in [0.25, 0.3) is 0 Å². The van der Waals surface area contributed by atoms with Gasteiger partial charge in [0.05, 0.1) is 6.04 Å². The smallest absolute Gasteiger partial charge is 0.223 e. The van der Waals surface area contributed by atoms with Crippen molar-refractivity contribution < 1.29 is 4.79 Å². The Morgan fingerprint density at radius 1 is 1.30 bits per heavy atom. The molecule has 1 heterocycles. The first kappa shape index (κ1) is 17.0. The van der Waals surface area contributed by atoms with E-state index >= 15 is 0 Å². The van der Waals surface area contributed by atoms with Crippen molar-refractivity contribution in [3.63, 3.8) is 0 Å². The lowest BCUT2D eigenvalue weighted by Gasteiger charge is -2.25. The third-order valence-corrected chi connectivity index (χ3v) is 3.81. The molecule has 2 rings (SSSR count). The van der Waals surface area contributed by atoms with Crippen molar-refractivity contribution in [2.24, 2.45) is 5.92 Å². The zero-order chi connectivity index (χ0) is 13.5. The lowest BCUT2D eigenvalue weighted by molar-refractivity contribution is -0.126. The van der Waals surface area contributed by atoms with Gasteiger partial charge in [0.25, 0.3) is 0 Å². The number of benzene rings is 1. The van der Waals surface area contributed by atoms with Gasteiger partial charge in [-0.25, -0.2) is 0 Å². The van der Waals surface area contributed by atoms with Gasteiger partial charge >= 0.3 is 0 Å². The van der Waals surface area contributed by atoms with Crippen LogP contribution in [0.1, 0.15) is 44.2 Å². The molecular formula is C16H25ClN2O. The molecule has 3 nitrogen and oxygen atoms in total. The van der Waals surface area contributed by atoms with Crippen molar-refractivity contribution in [3.8, 4) is 0 Å². The quantitative estimate of drug-likeness (QED) is 0.877. The molecule has 4 heteroatoms. The molecule has 1 aliphatic rings. The summed E-state index contributed by atoms with van der Waals surface area (Å²) < 4.78 is 0. The Bertz CT molecular complexity index is 391. The van der Waals surface area contributed by atoms with E-state index in [2.05, 4.69) is 29.7 Å². The van der Waals surface area contributed by atoms with Crippen molar-refractivity contribution in [3.05, 3.63) is 35.9 Å². The van der Waals surface area contributed by atoms with Crippen LogP contribution in [0.4, 0.5) is 0 Å². The number of carbonyl (C=O) groups is 1. The minimum absolute atomic E-state index is 0. The molecule has 0 radical (unpaired) electrons. The van der Waals surface area contributed by atoms with Gasteiger partial charge in [-0.2, -0.15) is 0 Å². The molecule has 0 aliphatic carbocycles. The maximum atomic E-state index is 12.3. The van der Waals surface area contributed by atoms with Crippen LogP contribution < -0.4 is 10.6 Å². The topological polar surface area (TPSA) is 41.1 Å². The summed E-state index contributed by atoms with van der Waals surface area (Å²) in [6, 6.07) is 10.4. The van der Waals surface area contributed by atoms with E-state index in [1.54, 1.807) is 0 Å². The molecule has 1 aliphatic heterocycles. The minimum Gasteiger partial charge on any atom is -0.349 e. The van der Waals surface area contributed by atoms with Crippen molar-refractivity contribution in [2.45, 2.75) is 38.6 Å². The van der Waals surface area contributed by atoms with Crippen LogP contribution in [0.2, 0.25) is 0 Å². The summed E-state index contributed by atoms with van der Waals surface area (Å²) in [6.45, 7) is 4.08. The predicted octanol–water partition coefficient (Wildman–Crippen LogP) is 3.07. The van der Waals surface area contributed by atoms with Crippen LogP contribution in [0, 0.1) is 5.92 Å². The number of hydrogen-bond donors (Lipinski definition) is 2. The van der Waals surface area contributed by atoms with Crippen LogP contribution in [0.15, 0.2) is 30.3 Å². The Hall–Kier alpha value is -1.06. The SMILES string of the molecule is CCCC(NC(=O)C1CCNCC1)c1ccccc1.Cl. The number of rotatable bonds is 5. The van der Waals surface area contributed by atoms with E-state index in [0.717, 1.165) is 38.8 Å². The molecule has 0 saturated carbocycles. The van der Waals surface area contributed by atoms with E-state index in [4.69, 9.17) is 0 Å². The number of piperidine rings is 1. The lowest BCUT2D eigenvalue weighted by atomic mass is 9.95. The molecule has 1 fully saturated rings. The first-order valence-electron chi connectivity index (χ1n) is 7.37. The molecule has 1 unspecified atom stereocenters. The Morgan fingerprint density at radius 2 is 1.95 bits per heavy atom. The highest BCUT2D eigenvalue weighted by molar-refractivity contribution is 5.85. The highest BCUT2D eigenvalue weighted by Crippen LogP contribution is 2.20. The summed E-state index contributed by atoms with van der Waals surface area (Å²) in [5.41, 5.74) is 1.21. The zero-order valence-electron chi connectivity index (χ0n) is 12.1. The van der Waals surface area contributed by atoms with Crippen LogP contribution in [0.5, 0.6) is 0 Å². The van der Waals surface area contributed by atoms with E-state index in [1.807, 2.05) is 18.2 Å². The third-order valence-electron chi connectivity index (χ3n) is 3.81. The predicted molar refractivity (Wildman–Crippen MR) is 85.1 cm³/mol. The van der Waals surface area contributed by atoms with Gasteiger partial charge in [0.15, 0.2) is 0 Å². The average Bonchev–Trinajstić information content (AvgIpc) is 2.48. The van der Waals surface area contributed by atoms with E-state index in [1.165, 1.54) is 5.56 Å². The Balaban J connectivity index is 0.00000200. The van der Waals surface area contributed by atoms with E-state index < -0.39 is 0 Å². The molecular weight excluding hydrogens is 272 g/mol. The molecule has 1 atom stereocenters. The van der Waals surface area contributed by atoms with Crippen LogP contribution in [-0.2, 0) is 4.79 Å². The second-order valence-electron chi connectivity index (χ2n) is 5.28. The van der Waals surface area contributed by atoms with Gasteiger partial charge in [-0.05, 0) is 37.9 Å². The molecule has 0 bridgehead atoms. The van der Waals surface area contributed by atoms with Crippen molar-refractivity contribution in [1.82, 2.24) is 10.6 Å². The van der Waals surface area contributed by atoms with Gasteiger partial charge in [-0.15, -0.1) is 12.4 Å². The zero-order valence-corrected chi connectivity index (χ0v) is 12.9. The van der Waals surface area contributed by atoms with Crippen molar-refractivity contribution in [1.29, 1.82) is 0 Å². The third kappa shape index (κ3) is 4.80. The standard InChI is InChI=1S/C16H24N2O.ClH/c1-2-6-15(13-7-4-3-5-8-13)18-16(19)14-9-11-17-12-10-14;/h3-5,7-8,14-15,17H,2,6,9-12H2,1H3,(H,18,19);1H. The Labute approximate surface area is 127 Å². The highest BCUT2D eigenvalue weighted by Gasteiger charge is 2.23. The van der Waals surface area contributed by atoms with E-state index in [-0.39, 0.29) is 30.3 Å². The molecule has 112 valence electrons. The molecule has 0 aromatic heterocycles. The molecule has 1 aromatic carbocycles. The molecule has 1 saturated heterocycles. The summed E-state index contributed by atoms with van der Waals surface area (Å²) in [5, 5.41) is 6.54. The second kappa shape index (κ2) is 8.98. The first-order valence-corrected chi connectivity index (χ1v) is 7.37. The normalized spacial score (nSPS) is 17.1.